The molecule has 116 valence electrons. The van der Waals surface area contributed by atoms with Gasteiger partial charge in [-0.05, 0) is 31.9 Å². The molecular weight excluding hydrogens is 282 g/mol. The molecule has 0 aromatic heterocycles. The molecule has 2 N–H and O–H groups in total. The van der Waals surface area contributed by atoms with E-state index in [-0.39, 0.29) is 30.1 Å². The summed E-state index contributed by atoms with van der Waals surface area (Å²) >= 11 is 0. The second-order valence-corrected chi connectivity index (χ2v) is 5.99. The molecule has 0 bridgehead atoms. The van der Waals surface area contributed by atoms with E-state index in [2.05, 4.69) is 10.9 Å². The fraction of sp³-hybridized carbons (Fsp3) is 0.438. The van der Waals surface area contributed by atoms with Gasteiger partial charge in [0.15, 0.2) is 0 Å². The number of benzene rings is 1. The molecule has 0 spiro atoms. The number of anilines is 1. The lowest BCUT2D eigenvalue weighted by atomic mass is 10.1. The Morgan fingerprint density at radius 3 is 2.23 bits per heavy atom. The van der Waals surface area contributed by atoms with Crippen LogP contribution in [0.25, 0.3) is 0 Å². The van der Waals surface area contributed by atoms with Gasteiger partial charge in [0, 0.05) is 24.6 Å². The van der Waals surface area contributed by atoms with Gasteiger partial charge in [0.2, 0.25) is 17.7 Å². The van der Waals surface area contributed by atoms with Gasteiger partial charge in [-0.3, -0.25) is 25.2 Å². The van der Waals surface area contributed by atoms with Gasteiger partial charge >= 0.3 is 0 Å². The normalized spacial score (nSPS) is 20.9. The number of hydrogen-bond donors (Lipinski definition) is 2. The Labute approximate surface area is 128 Å². The summed E-state index contributed by atoms with van der Waals surface area (Å²) in [5.41, 5.74) is 6.78. The summed E-state index contributed by atoms with van der Waals surface area (Å²) in [5, 5.41) is 0. The lowest BCUT2D eigenvalue weighted by molar-refractivity contribution is -0.131. The Bertz CT molecular complexity index is 608. The van der Waals surface area contributed by atoms with E-state index in [1.165, 1.54) is 0 Å². The number of hydrogen-bond acceptors (Lipinski definition) is 3. The summed E-state index contributed by atoms with van der Waals surface area (Å²) < 4.78 is 0. The van der Waals surface area contributed by atoms with Crippen LogP contribution in [0.4, 0.5) is 5.69 Å². The van der Waals surface area contributed by atoms with E-state index in [9.17, 15) is 14.4 Å². The van der Waals surface area contributed by atoms with Gasteiger partial charge < -0.3 is 4.90 Å². The summed E-state index contributed by atoms with van der Waals surface area (Å²) in [6, 6.07) is 7.63. The van der Waals surface area contributed by atoms with Crippen LogP contribution in [0, 0.1) is 18.8 Å². The summed E-state index contributed by atoms with van der Waals surface area (Å²) in [6.07, 6.45) is 1.93. The lowest BCUT2D eigenvalue weighted by Crippen LogP contribution is -2.45. The van der Waals surface area contributed by atoms with Gasteiger partial charge in [-0.15, -0.1) is 0 Å². The maximum atomic E-state index is 12.1. The number of nitrogens with one attached hydrogen (secondary N) is 2. The molecule has 1 atom stereocenters. The van der Waals surface area contributed by atoms with Crippen molar-refractivity contribution in [3.05, 3.63) is 29.8 Å². The Hall–Kier alpha value is -2.37. The first kappa shape index (κ1) is 14.6. The third-order valence-corrected chi connectivity index (χ3v) is 4.10. The van der Waals surface area contributed by atoms with Gasteiger partial charge in [0.05, 0.1) is 5.92 Å². The van der Waals surface area contributed by atoms with Crippen LogP contribution >= 0.6 is 0 Å². The third kappa shape index (κ3) is 3.10. The first-order valence-electron chi connectivity index (χ1n) is 7.51. The number of carbonyl (C=O) groups excluding carboxylic acids is 3. The van der Waals surface area contributed by atoms with Crippen molar-refractivity contribution in [1.29, 1.82) is 0 Å². The molecule has 3 amide bonds. The smallest absolute Gasteiger partial charge is 0.243 e. The molecule has 3 rings (SSSR count). The zero-order valence-electron chi connectivity index (χ0n) is 12.5. The monoisotopic (exact) mass is 301 g/mol. The average Bonchev–Trinajstić information content (AvgIpc) is 3.28. The molecule has 2 aliphatic rings. The van der Waals surface area contributed by atoms with Crippen molar-refractivity contribution in [2.75, 3.05) is 11.4 Å². The minimum absolute atomic E-state index is 0.0366. The minimum Gasteiger partial charge on any atom is -0.312 e. The van der Waals surface area contributed by atoms with Gasteiger partial charge in [-0.2, -0.15) is 0 Å². The SMILES string of the molecule is Cc1ccc(N2CC(C(=O)NNC(=O)C3CC3)CC2=O)cc1. The molecular formula is C16H19N3O3. The molecule has 1 saturated heterocycles. The Morgan fingerprint density at radius 2 is 1.64 bits per heavy atom. The van der Waals surface area contributed by atoms with Gasteiger partial charge in [-0.1, -0.05) is 17.7 Å². The van der Waals surface area contributed by atoms with Crippen molar-refractivity contribution in [3.8, 4) is 0 Å². The minimum atomic E-state index is -0.437. The van der Waals surface area contributed by atoms with E-state index >= 15 is 0 Å². The Morgan fingerprint density at radius 1 is 1.05 bits per heavy atom. The van der Waals surface area contributed by atoms with Crippen LogP contribution in [-0.4, -0.2) is 24.3 Å². The number of carbonyl (C=O) groups is 3. The van der Waals surface area contributed by atoms with Crippen molar-refractivity contribution >= 4 is 23.4 Å². The van der Waals surface area contributed by atoms with Crippen molar-refractivity contribution in [2.45, 2.75) is 26.2 Å². The molecule has 1 aliphatic heterocycles. The first-order valence-corrected chi connectivity index (χ1v) is 7.51. The molecule has 22 heavy (non-hydrogen) atoms. The van der Waals surface area contributed by atoms with Crippen molar-refractivity contribution in [1.82, 2.24) is 10.9 Å². The molecule has 1 aliphatic carbocycles. The fourth-order valence-electron chi connectivity index (χ4n) is 2.53. The fourth-order valence-corrected chi connectivity index (χ4v) is 2.53. The first-order chi connectivity index (χ1) is 10.5. The van der Waals surface area contributed by atoms with Crippen LogP contribution in [0.1, 0.15) is 24.8 Å². The zero-order valence-corrected chi connectivity index (χ0v) is 12.5. The highest BCUT2D eigenvalue weighted by Crippen LogP contribution is 2.28. The molecule has 6 nitrogen and oxygen atoms in total. The maximum Gasteiger partial charge on any atom is 0.243 e. The molecule has 6 heteroatoms. The highest BCUT2D eigenvalue weighted by molar-refractivity contribution is 6.00. The topological polar surface area (TPSA) is 78.5 Å². The van der Waals surface area contributed by atoms with Crippen molar-refractivity contribution in [3.63, 3.8) is 0 Å². The molecule has 1 aromatic rings. The van der Waals surface area contributed by atoms with Crippen LogP contribution in [0.3, 0.4) is 0 Å². The van der Waals surface area contributed by atoms with Gasteiger partial charge in [0.25, 0.3) is 0 Å². The number of rotatable bonds is 3. The summed E-state index contributed by atoms with van der Waals surface area (Å²) in [6.45, 7) is 2.32. The number of hydrazine groups is 1. The average molecular weight is 301 g/mol. The molecule has 2 fully saturated rings. The lowest BCUT2D eigenvalue weighted by Gasteiger charge is -2.17. The molecule has 1 aromatic carbocycles. The Kier molecular flexibility index (Phi) is 3.83. The molecule has 1 unspecified atom stereocenters. The van der Waals surface area contributed by atoms with E-state index in [4.69, 9.17) is 0 Å². The second kappa shape index (κ2) is 5.79. The van der Waals surface area contributed by atoms with Crippen LogP contribution in [0.15, 0.2) is 24.3 Å². The van der Waals surface area contributed by atoms with Gasteiger partial charge in [0.1, 0.15) is 0 Å². The predicted molar refractivity (Wildman–Crippen MR) is 80.6 cm³/mol. The highest BCUT2D eigenvalue weighted by atomic mass is 16.2. The largest absolute Gasteiger partial charge is 0.312 e. The van der Waals surface area contributed by atoms with E-state index in [0.717, 1.165) is 24.1 Å². The van der Waals surface area contributed by atoms with Crippen LogP contribution in [0.2, 0.25) is 0 Å². The van der Waals surface area contributed by atoms with Gasteiger partial charge in [-0.25, -0.2) is 0 Å². The summed E-state index contributed by atoms with van der Waals surface area (Å²) in [4.78, 5) is 37.3. The predicted octanol–water partition coefficient (Wildman–Crippen LogP) is 0.905. The van der Waals surface area contributed by atoms with Crippen LogP contribution < -0.4 is 15.8 Å². The third-order valence-electron chi connectivity index (χ3n) is 4.10. The Balaban J connectivity index is 1.57. The zero-order chi connectivity index (χ0) is 15.7. The van der Waals surface area contributed by atoms with E-state index in [1.54, 1.807) is 4.90 Å². The van der Waals surface area contributed by atoms with E-state index in [1.807, 2.05) is 31.2 Å². The van der Waals surface area contributed by atoms with E-state index in [0.29, 0.717) is 6.54 Å². The molecule has 1 saturated carbocycles. The second-order valence-electron chi connectivity index (χ2n) is 5.99. The van der Waals surface area contributed by atoms with Crippen molar-refractivity contribution in [2.24, 2.45) is 11.8 Å². The summed E-state index contributed by atoms with van der Waals surface area (Å²) in [7, 11) is 0. The maximum absolute atomic E-state index is 12.1. The highest BCUT2D eigenvalue weighted by Gasteiger charge is 2.36. The van der Waals surface area contributed by atoms with E-state index < -0.39 is 5.92 Å². The van der Waals surface area contributed by atoms with Crippen LogP contribution in [-0.2, 0) is 14.4 Å². The number of nitrogens with zero attached hydrogens (tertiary/aromatic N) is 1. The van der Waals surface area contributed by atoms with Crippen LogP contribution in [0.5, 0.6) is 0 Å². The summed E-state index contributed by atoms with van der Waals surface area (Å²) in [5.74, 6) is -0.926. The standard InChI is InChI=1S/C16H19N3O3/c1-10-2-6-13(7-3-10)19-9-12(8-14(19)20)16(22)18-17-15(21)11-4-5-11/h2-3,6-7,11-12H,4-5,8-9H2,1H3,(H,17,21)(H,18,22). The quantitative estimate of drug-likeness (QED) is 0.814. The number of amides is 3. The number of aryl methyl sites for hydroxylation is 1. The van der Waals surface area contributed by atoms with Crippen molar-refractivity contribution < 1.29 is 14.4 Å². The molecule has 1 heterocycles. The molecule has 0 radical (unpaired) electrons.